The predicted molar refractivity (Wildman–Crippen MR) is 71.7 cm³/mol. The highest BCUT2D eigenvalue weighted by atomic mass is 16.2. The molecule has 1 rings (SSSR count). The van der Waals surface area contributed by atoms with Crippen molar-refractivity contribution in [3.8, 4) is 0 Å². The SMILES string of the molecule is CC(C)(C)CCC(=O)N1CC(N)CCC1(C)C. The van der Waals surface area contributed by atoms with Crippen molar-refractivity contribution in [1.29, 1.82) is 0 Å². The number of nitrogens with zero attached hydrogens (tertiary/aromatic N) is 1. The fourth-order valence-corrected chi connectivity index (χ4v) is 2.30. The molecule has 0 saturated carbocycles. The summed E-state index contributed by atoms with van der Waals surface area (Å²) >= 11 is 0. The molecule has 100 valence electrons. The van der Waals surface area contributed by atoms with Crippen LogP contribution in [0.3, 0.4) is 0 Å². The van der Waals surface area contributed by atoms with Crippen LogP contribution in [0.5, 0.6) is 0 Å². The third-order valence-electron chi connectivity index (χ3n) is 3.66. The van der Waals surface area contributed by atoms with E-state index < -0.39 is 0 Å². The smallest absolute Gasteiger partial charge is 0.223 e. The molecule has 3 nitrogen and oxygen atoms in total. The van der Waals surface area contributed by atoms with Gasteiger partial charge in [0.15, 0.2) is 0 Å². The van der Waals surface area contributed by atoms with Crippen LogP contribution in [-0.4, -0.2) is 28.9 Å². The van der Waals surface area contributed by atoms with Gasteiger partial charge in [0.25, 0.3) is 0 Å². The Morgan fingerprint density at radius 2 is 2.00 bits per heavy atom. The van der Waals surface area contributed by atoms with Crippen LogP contribution in [0.25, 0.3) is 0 Å². The van der Waals surface area contributed by atoms with Crippen LogP contribution in [0, 0.1) is 5.41 Å². The van der Waals surface area contributed by atoms with E-state index >= 15 is 0 Å². The standard InChI is InChI=1S/C14H28N2O/c1-13(2,3)8-7-12(17)16-10-11(15)6-9-14(16,4)5/h11H,6-10,15H2,1-5H3. The van der Waals surface area contributed by atoms with Crippen molar-refractivity contribution in [2.75, 3.05) is 6.54 Å². The third-order valence-corrected chi connectivity index (χ3v) is 3.66. The van der Waals surface area contributed by atoms with Crippen molar-refractivity contribution in [3.05, 3.63) is 0 Å². The first kappa shape index (κ1) is 14.5. The van der Waals surface area contributed by atoms with Crippen LogP contribution >= 0.6 is 0 Å². The zero-order valence-corrected chi connectivity index (χ0v) is 12.0. The normalized spacial score (nSPS) is 24.8. The molecule has 1 atom stereocenters. The molecule has 3 heteroatoms. The molecular formula is C14H28N2O. The van der Waals surface area contributed by atoms with Crippen molar-refractivity contribution in [1.82, 2.24) is 4.90 Å². The van der Waals surface area contributed by atoms with Crippen molar-refractivity contribution < 1.29 is 4.79 Å². The van der Waals surface area contributed by atoms with Gasteiger partial charge in [-0.05, 0) is 38.5 Å². The molecule has 0 bridgehead atoms. The number of carbonyl (C=O) groups excluding carboxylic acids is 1. The molecule has 0 aliphatic carbocycles. The lowest BCUT2D eigenvalue weighted by Crippen LogP contribution is -2.56. The van der Waals surface area contributed by atoms with E-state index in [1.807, 2.05) is 4.90 Å². The van der Waals surface area contributed by atoms with E-state index in [1.165, 1.54) is 0 Å². The highest BCUT2D eigenvalue weighted by Crippen LogP contribution is 2.29. The number of rotatable bonds is 2. The monoisotopic (exact) mass is 240 g/mol. The van der Waals surface area contributed by atoms with Crippen LogP contribution in [0.1, 0.15) is 60.3 Å². The summed E-state index contributed by atoms with van der Waals surface area (Å²) in [5.41, 5.74) is 6.17. The summed E-state index contributed by atoms with van der Waals surface area (Å²) in [6.07, 6.45) is 3.61. The van der Waals surface area contributed by atoms with Crippen LogP contribution < -0.4 is 5.73 Å². The largest absolute Gasteiger partial charge is 0.336 e. The zero-order valence-electron chi connectivity index (χ0n) is 12.0. The van der Waals surface area contributed by atoms with Crippen molar-refractivity contribution in [2.24, 2.45) is 11.1 Å². The number of nitrogens with two attached hydrogens (primary N) is 1. The minimum atomic E-state index is -0.0230. The number of hydrogen-bond acceptors (Lipinski definition) is 2. The van der Waals surface area contributed by atoms with Crippen molar-refractivity contribution in [3.63, 3.8) is 0 Å². The van der Waals surface area contributed by atoms with Crippen LogP contribution in [-0.2, 0) is 4.79 Å². The summed E-state index contributed by atoms with van der Waals surface area (Å²) in [5.74, 6) is 0.264. The molecular weight excluding hydrogens is 212 g/mol. The fraction of sp³-hybridized carbons (Fsp3) is 0.929. The molecule has 1 heterocycles. The second-order valence-electron chi connectivity index (χ2n) is 7.18. The Hall–Kier alpha value is -0.570. The average molecular weight is 240 g/mol. The topological polar surface area (TPSA) is 46.3 Å². The molecule has 1 aliphatic heterocycles. The van der Waals surface area contributed by atoms with Gasteiger partial charge in [-0.25, -0.2) is 0 Å². The number of likely N-dealkylation sites (tertiary alicyclic amines) is 1. The molecule has 0 aromatic rings. The van der Waals surface area contributed by atoms with E-state index in [1.54, 1.807) is 0 Å². The van der Waals surface area contributed by atoms with E-state index in [4.69, 9.17) is 5.73 Å². The van der Waals surface area contributed by atoms with E-state index in [9.17, 15) is 4.79 Å². The lowest BCUT2D eigenvalue weighted by Gasteiger charge is -2.45. The van der Waals surface area contributed by atoms with Crippen LogP contribution in [0.15, 0.2) is 0 Å². The molecule has 1 fully saturated rings. The lowest BCUT2D eigenvalue weighted by atomic mass is 9.86. The second kappa shape index (κ2) is 4.97. The Bertz CT molecular complexity index is 278. The van der Waals surface area contributed by atoms with Crippen molar-refractivity contribution in [2.45, 2.75) is 71.9 Å². The number of carbonyl (C=O) groups is 1. The Kier molecular flexibility index (Phi) is 4.23. The Balaban J connectivity index is 2.60. The van der Waals surface area contributed by atoms with Gasteiger partial charge in [0.2, 0.25) is 5.91 Å². The van der Waals surface area contributed by atoms with E-state index in [2.05, 4.69) is 34.6 Å². The van der Waals surface area contributed by atoms with Gasteiger partial charge < -0.3 is 10.6 Å². The van der Waals surface area contributed by atoms with Gasteiger partial charge in [-0.2, -0.15) is 0 Å². The minimum absolute atomic E-state index is 0.0230. The summed E-state index contributed by atoms with van der Waals surface area (Å²) in [6.45, 7) is 11.5. The molecule has 1 unspecified atom stereocenters. The Morgan fingerprint density at radius 1 is 1.41 bits per heavy atom. The number of amides is 1. The highest BCUT2D eigenvalue weighted by Gasteiger charge is 2.35. The quantitative estimate of drug-likeness (QED) is 0.806. The summed E-state index contributed by atoms with van der Waals surface area (Å²) in [7, 11) is 0. The molecule has 17 heavy (non-hydrogen) atoms. The fourth-order valence-electron chi connectivity index (χ4n) is 2.30. The second-order valence-corrected chi connectivity index (χ2v) is 7.18. The summed E-state index contributed by atoms with van der Waals surface area (Å²) < 4.78 is 0. The van der Waals surface area contributed by atoms with Gasteiger partial charge in [0.05, 0.1) is 0 Å². The summed E-state index contributed by atoms with van der Waals surface area (Å²) in [6, 6.07) is 0.154. The van der Waals surface area contributed by atoms with Gasteiger partial charge in [-0.3, -0.25) is 4.79 Å². The minimum Gasteiger partial charge on any atom is -0.336 e. The van der Waals surface area contributed by atoms with Gasteiger partial charge in [-0.15, -0.1) is 0 Å². The lowest BCUT2D eigenvalue weighted by molar-refractivity contribution is -0.139. The van der Waals surface area contributed by atoms with E-state index in [0.29, 0.717) is 6.42 Å². The number of piperidine rings is 1. The van der Waals surface area contributed by atoms with E-state index in [0.717, 1.165) is 25.8 Å². The molecule has 1 amide bonds. The maximum absolute atomic E-state index is 12.3. The molecule has 2 N–H and O–H groups in total. The molecule has 0 aromatic heterocycles. The molecule has 0 radical (unpaired) electrons. The summed E-state index contributed by atoms with van der Waals surface area (Å²) in [5, 5.41) is 0. The van der Waals surface area contributed by atoms with Crippen molar-refractivity contribution >= 4 is 5.91 Å². The van der Waals surface area contributed by atoms with Crippen LogP contribution in [0.4, 0.5) is 0 Å². The maximum atomic E-state index is 12.3. The maximum Gasteiger partial charge on any atom is 0.223 e. The highest BCUT2D eigenvalue weighted by molar-refractivity contribution is 5.77. The Labute approximate surface area is 106 Å². The number of hydrogen-bond donors (Lipinski definition) is 1. The van der Waals surface area contributed by atoms with Gasteiger partial charge in [0.1, 0.15) is 0 Å². The molecule has 1 aliphatic rings. The van der Waals surface area contributed by atoms with Gasteiger partial charge >= 0.3 is 0 Å². The van der Waals surface area contributed by atoms with Gasteiger partial charge in [-0.1, -0.05) is 20.8 Å². The third kappa shape index (κ3) is 4.30. The first-order valence-corrected chi connectivity index (χ1v) is 6.68. The molecule has 0 aromatic carbocycles. The first-order valence-electron chi connectivity index (χ1n) is 6.68. The Morgan fingerprint density at radius 3 is 2.53 bits per heavy atom. The first-order chi connectivity index (χ1) is 7.62. The summed E-state index contributed by atoms with van der Waals surface area (Å²) in [4.78, 5) is 14.3. The predicted octanol–water partition coefficient (Wildman–Crippen LogP) is 2.54. The van der Waals surface area contributed by atoms with E-state index in [-0.39, 0.29) is 22.9 Å². The molecule has 1 saturated heterocycles. The average Bonchev–Trinajstić information content (AvgIpc) is 2.17. The van der Waals surface area contributed by atoms with Gasteiger partial charge in [0, 0.05) is 24.5 Å². The van der Waals surface area contributed by atoms with Crippen LogP contribution in [0.2, 0.25) is 0 Å². The zero-order chi connectivity index (χ0) is 13.3. The molecule has 0 spiro atoms.